The van der Waals surface area contributed by atoms with Gasteiger partial charge in [-0.2, -0.15) is 0 Å². The van der Waals surface area contributed by atoms with Crippen LogP contribution in [0.1, 0.15) is 33.6 Å². The summed E-state index contributed by atoms with van der Waals surface area (Å²) in [7, 11) is 0. The Hall–Kier alpha value is -3.00. The minimum Gasteiger partial charge on any atom is -0.444 e. The summed E-state index contributed by atoms with van der Waals surface area (Å²) in [6.07, 6.45) is 0.922. The lowest BCUT2D eigenvalue weighted by Crippen LogP contribution is -2.55. The lowest BCUT2D eigenvalue weighted by Gasteiger charge is -2.38. The lowest BCUT2D eigenvalue weighted by atomic mass is 10.1. The van der Waals surface area contributed by atoms with Gasteiger partial charge in [-0.15, -0.1) is 0 Å². The van der Waals surface area contributed by atoms with Gasteiger partial charge in [0.2, 0.25) is 5.91 Å². The van der Waals surface area contributed by atoms with E-state index in [-0.39, 0.29) is 11.6 Å². The first-order valence-corrected chi connectivity index (χ1v) is 10.1. The van der Waals surface area contributed by atoms with Crippen LogP contribution in [0.25, 0.3) is 10.4 Å². The van der Waals surface area contributed by atoms with Crippen molar-refractivity contribution in [3.63, 3.8) is 0 Å². The van der Waals surface area contributed by atoms with Crippen molar-refractivity contribution in [2.75, 3.05) is 37.6 Å². The second-order valence-electron chi connectivity index (χ2n) is 8.47. The fourth-order valence-corrected chi connectivity index (χ4v) is 3.81. The van der Waals surface area contributed by atoms with Crippen LogP contribution in [0, 0.1) is 5.82 Å². The molecule has 3 rings (SSSR count). The van der Waals surface area contributed by atoms with Gasteiger partial charge in [-0.1, -0.05) is 11.2 Å². The van der Waals surface area contributed by atoms with Crippen LogP contribution in [0.4, 0.5) is 20.6 Å². The normalized spacial score (nSPS) is 19.5. The van der Waals surface area contributed by atoms with Crippen molar-refractivity contribution in [1.29, 1.82) is 0 Å². The molecule has 0 spiro atoms. The van der Waals surface area contributed by atoms with Crippen molar-refractivity contribution in [2.45, 2.75) is 45.3 Å². The summed E-state index contributed by atoms with van der Waals surface area (Å²) in [6, 6.07) is 3.83. The van der Waals surface area contributed by atoms with E-state index in [1.807, 2.05) is 4.90 Å². The van der Waals surface area contributed by atoms with Crippen LogP contribution in [-0.4, -0.2) is 66.2 Å². The van der Waals surface area contributed by atoms with Gasteiger partial charge < -0.3 is 14.5 Å². The summed E-state index contributed by atoms with van der Waals surface area (Å²) in [5.41, 5.74) is 8.48. The van der Waals surface area contributed by atoms with E-state index in [4.69, 9.17) is 10.3 Å². The molecule has 1 aromatic carbocycles. The van der Waals surface area contributed by atoms with Gasteiger partial charge in [-0.3, -0.25) is 9.69 Å². The summed E-state index contributed by atoms with van der Waals surface area (Å²) < 4.78 is 19.8. The Morgan fingerprint density at radius 3 is 2.50 bits per heavy atom. The number of carbonyl (C=O) groups is 2. The van der Waals surface area contributed by atoms with Crippen molar-refractivity contribution >= 4 is 23.4 Å². The van der Waals surface area contributed by atoms with Crippen LogP contribution in [-0.2, 0) is 9.53 Å². The van der Waals surface area contributed by atoms with Crippen molar-refractivity contribution < 1.29 is 18.7 Å². The van der Waals surface area contributed by atoms with Gasteiger partial charge in [-0.05, 0) is 51.3 Å². The molecule has 30 heavy (non-hydrogen) atoms. The van der Waals surface area contributed by atoms with Gasteiger partial charge in [0.1, 0.15) is 17.5 Å². The molecule has 1 aromatic rings. The van der Waals surface area contributed by atoms with E-state index in [0.29, 0.717) is 44.8 Å². The van der Waals surface area contributed by atoms with E-state index in [1.165, 1.54) is 11.0 Å². The maximum absolute atomic E-state index is 14.4. The number of ether oxygens (including phenoxy) is 1. The Labute approximate surface area is 175 Å². The number of piperazine rings is 1. The number of amides is 2. The third-order valence-electron chi connectivity index (χ3n) is 5.19. The van der Waals surface area contributed by atoms with Crippen molar-refractivity contribution in [1.82, 2.24) is 9.80 Å². The Bertz CT molecular complexity index is 857. The van der Waals surface area contributed by atoms with Crippen molar-refractivity contribution in [3.8, 4) is 0 Å². The molecule has 2 aliphatic rings. The number of hydrogen-bond donors (Lipinski definition) is 0. The molecule has 162 valence electrons. The smallest absolute Gasteiger partial charge is 0.410 e. The molecule has 1 unspecified atom stereocenters. The minimum absolute atomic E-state index is 0.0859. The molecule has 2 fully saturated rings. The monoisotopic (exact) mass is 418 g/mol. The highest BCUT2D eigenvalue weighted by Gasteiger charge is 2.39. The zero-order valence-electron chi connectivity index (χ0n) is 17.5. The number of benzene rings is 1. The fourth-order valence-electron chi connectivity index (χ4n) is 3.81. The third-order valence-corrected chi connectivity index (χ3v) is 5.19. The minimum atomic E-state index is -0.614. The fraction of sp³-hybridized carbons (Fsp3) is 0.600. The topological polar surface area (TPSA) is 102 Å². The maximum Gasteiger partial charge on any atom is 0.410 e. The van der Waals surface area contributed by atoms with E-state index in [1.54, 1.807) is 37.8 Å². The number of halogens is 1. The number of likely N-dealkylation sites (tertiary alicyclic amines) is 1. The Morgan fingerprint density at radius 1 is 1.20 bits per heavy atom. The summed E-state index contributed by atoms with van der Waals surface area (Å²) in [4.78, 5) is 33.3. The molecule has 0 aliphatic carbocycles. The van der Waals surface area contributed by atoms with Gasteiger partial charge in [0, 0.05) is 43.3 Å². The van der Waals surface area contributed by atoms with Gasteiger partial charge in [0.25, 0.3) is 0 Å². The van der Waals surface area contributed by atoms with Crippen LogP contribution >= 0.6 is 0 Å². The molecule has 2 aliphatic heterocycles. The number of rotatable bonds is 3. The van der Waals surface area contributed by atoms with E-state index >= 15 is 0 Å². The predicted octanol–water partition coefficient (Wildman–Crippen LogP) is 3.82. The molecule has 0 bridgehead atoms. The molecule has 0 saturated carbocycles. The molecule has 2 heterocycles. The van der Waals surface area contributed by atoms with Crippen LogP contribution in [0.2, 0.25) is 0 Å². The second kappa shape index (κ2) is 8.79. The van der Waals surface area contributed by atoms with Gasteiger partial charge in [-0.25, -0.2) is 9.18 Å². The summed E-state index contributed by atoms with van der Waals surface area (Å²) in [5, 5.41) is 3.40. The summed E-state index contributed by atoms with van der Waals surface area (Å²) >= 11 is 0. The zero-order valence-corrected chi connectivity index (χ0v) is 17.5. The predicted molar refractivity (Wildman–Crippen MR) is 110 cm³/mol. The van der Waals surface area contributed by atoms with E-state index < -0.39 is 23.6 Å². The zero-order chi connectivity index (χ0) is 21.9. The highest BCUT2D eigenvalue weighted by atomic mass is 19.1. The Kier molecular flexibility index (Phi) is 6.36. The van der Waals surface area contributed by atoms with E-state index in [0.717, 1.165) is 6.42 Å². The molecule has 2 amide bonds. The van der Waals surface area contributed by atoms with Gasteiger partial charge in [0.05, 0.1) is 5.69 Å². The second-order valence-corrected chi connectivity index (χ2v) is 8.47. The molecular formula is C20H27FN6O3. The first-order chi connectivity index (χ1) is 14.2. The van der Waals surface area contributed by atoms with E-state index in [2.05, 4.69) is 10.0 Å². The van der Waals surface area contributed by atoms with Crippen molar-refractivity contribution in [2.24, 2.45) is 5.11 Å². The number of anilines is 1. The third kappa shape index (κ3) is 4.94. The van der Waals surface area contributed by atoms with Crippen molar-refractivity contribution in [3.05, 3.63) is 34.5 Å². The summed E-state index contributed by atoms with van der Waals surface area (Å²) in [6.45, 7) is 7.74. The molecule has 0 aromatic heterocycles. The highest BCUT2D eigenvalue weighted by Crippen LogP contribution is 2.27. The van der Waals surface area contributed by atoms with Crippen LogP contribution in [0.15, 0.2) is 23.3 Å². The maximum atomic E-state index is 14.4. The van der Waals surface area contributed by atoms with Gasteiger partial charge >= 0.3 is 6.09 Å². The summed E-state index contributed by atoms with van der Waals surface area (Å²) in [5.74, 6) is -0.552. The molecule has 2 saturated heterocycles. The van der Waals surface area contributed by atoms with Crippen LogP contribution < -0.4 is 4.90 Å². The van der Waals surface area contributed by atoms with Gasteiger partial charge in [0.15, 0.2) is 0 Å². The molecule has 0 N–H and O–H groups in total. The standard InChI is InChI=1S/C20H27FN6O3/c1-20(2,3)30-19(29)27-8-4-5-17(27)18(28)26-11-9-25(10-12-26)16-7-6-14(23-24-22)13-15(16)21/h6-7,13,17H,4-5,8-12H2,1-3H3. The number of azide groups is 1. The molecule has 1 atom stereocenters. The number of nitrogens with zero attached hydrogens (tertiary/aromatic N) is 6. The molecule has 9 nitrogen and oxygen atoms in total. The Balaban J connectivity index is 1.61. The quantitative estimate of drug-likeness (QED) is 0.423. The number of hydrogen-bond acceptors (Lipinski definition) is 5. The highest BCUT2D eigenvalue weighted by molar-refractivity contribution is 5.86. The largest absolute Gasteiger partial charge is 0.444 e. The lowest BCUT2D eigenvalue weighted by molar-refractivity contribution is -0.136. The first kappa shape index (κ1) is 21.7. The first-order valence-electron chi connectivity index (χ1n) is 10.1. The number of carbonyl (C=O) groups excluding carboxylic acids is 2. The van der Waals surface area contributed by atoms with Crippen LogP contribution in [0.3, 0.4) is 0 Å². The average molecular weight is 418 g/mol. The molecule has 10 heteroatoms. The molecule has 0 radical (unpaired) electrons. The van der Waals surface area contributed by atoms with E-state index in [9.17, 15) is 14.0 Å². The average Bonchev–Trinajstić information content (AvgIpc) is 3.17. The SMILES string of the molecule is CC(C)(C)OC(=O)N1CCCC1C(=O)N1CCN(c2ccc(N=[N+]=[N-])cc2F)CC1. The van der Waals surface area contributed by atoms with Crippen LogP contribution in [0.5, 0.6) is 0 Å². The molecular weight excluding hydrogens is 391 g/mol. The Morgan fingerprint density at radius 2 is 1.90 bits per heavy atom.